The molecule has 6 nitrogen and oxygen atoms in total. The number of ether oxygens (including phenoxy) is 2. The fraction of sp³-hybridized carbons (Fsp3) is 0.273. The molecule has 0 amide bonds. The monoisotopic (exact) mass is 379 g/mol. The highest BCUT2D eigenvalue weighted by atomic mass is 16.5. The van der Waals surface area contributed by atoms with Gasteiger partial charge in [-0.25, -0.2) is 9.78 Å². The summed E-state index contributed by atoms with van der Waals surface area (Å²) >= 11 is 0. The highest BCUT2D eigenvalue weighted by molar-refractivity contribution is 5.90. The highest BCUT2D eigenvalue weighted by Gasteiger charge is 2.18. The summed E-state index contributed by atoms with van der Waals surface area (Å²) < 4.78 is 11.9. The number of methoxy groups -OCH3 is 2. The van der Waals surface area contributed by atoms with Crippen molar-refractivity contribution in [2.24, 2.45) is 0 Å². The van der Waals surface area contributed by atoms with Gasteiger partial charge in [-0.1, -0.05) is 18.2 Å². The van der Waals surface area contributed by atoms with Crippen LogP contribution in [0.25, 0.3) is 17.8 Å². The molecule has 0 atom stereocenters. The Labute approximate surface area is 164 Å². The van der Waals surface area contributed by atoms with Gasteiger partial charge in [-0.15, -0.1) is 0 Å². The molecule has 1 aromatic carbocycles. The standard InChI is InChI=1S/C22H25N3O3/c1-22(2,3)24-20-18(11-8-15-6-9-17(27-4)10-7-15)23-19-14-16(21(26)28-5)12-13-25(19)20/h6-14,24H,1-5H3/b11-8+. The quantitative estimate of drug-likeness (QED) is 0.661. The molecule has 2 heterocycles. The number of benzene rings is 1. The minimum absolute atomic E-state index is 0.153. The van der Waals surface area contributed by atoms with Crippen LogP contribution in [-0.2, 0) is 4.74 Å². The van der Waals surface area contributed by atoms with Crippen molar-refractivity contribution in [1.82, 2.24) is 9.38 Å². The lowest BCUT2D eigenvalue weighted by atomic mass is 10.1. The van der Waals surface area contributed by atoms with E-state index in [1.54, 1.807) is 19.2 Å². The van der Waals surface area contributed by atoms with Crippen LogP contribution in [0.3, 0.4) is 0 Å². The second-order valence-corrected chi connectivity index (χ2v) is 7.46. The number of carbonyl (C=O) groups is 1. The number of nitrogens with one attached hydrogen (secondary N) is 1. The molecule has 146 valence electrons. The number of rotatable bonds is 5. The second kappa shape index (κ2) is 7.76. The summed E-state index contributed by atoms with van der Waals surface area (Å²) in [4.78, 5) is 16.5. The van der Waals surface area contributed by atoms with Crippen LogP contribution in [0.2, 0.25) is 0 Å². The summed E-state index contributed by atoms with van der Waals surface area (Å²) in [5.41, 5.74) is 2.80. The molecule has 3 rings (SSSR count). The molecule has 28 heavy (non-hydrogen) atoms. The average molecular weight is 379 g/mol. The Kier molecular flexibility index (Phi) is 5.40. The van der Waals surface area contributed by atoms with E-state index in [0.29, 0.717) is 11.2 Å². The van der Waals surface area contributed by atoms with Crippen LogP contribution in [0.15, 0.2) is 42.6 Å². The van der Waals surface area contributed by atoms with Crippen LogP contribution in [0.1, 0.15) is 42.4 Å². The number of hydrogen-bond donors (Lipinski definition) is 1. The van der Waals surface area contributed by atoms with Gasteiger partial charge in [-0.05, 0) is 56.7 Å². The van der Waals surface area contributed by atoms with E-state index in [1.165, 1.54) is 7.11 Å². The molecular weight excluding hydrogens is 354 g/mol. The summed E-state index contributed by atoms with van der Waals surface area (Å²) in [6.45, 7) is 6.27. The van der Waals surface area contributed by atoms with E-state index >= 15 is 0 Å². The SMILES string of the molecule is COC(=O)c1ccn2c(NC(C)(C)C)c(/C=C/c3ccc(OC)cc3)nc2c1. The molecule has 0 aliphatic heterocycles. The van der Waals surface area contributed by atoms with Gasteiger partial charge in [0.05, 0.1) is 19.8 Å². The molecule has 0 spiro atoms. The maximum Gasteiger partial charge on any atom is 0.338 e. The van der Waals surface area contributed by atoms with Gasteiger partial charge in [-0.3, -0.25) is 4.40 Å². The molecule has 0 radical (unpaired) electrons. The van der Waals surface area contributed by atoms with Gasteiger partial charge in [0.15, 0.2) is 0 Å². The Morgan fingerprint density at radius 1 is 1.11 bits per heavy atom. The molecule has 3 aromatic rings. The van der Waals surface area contributed by atoms with Crippen LogP contribution in [0.5, 0.6) is 5.75 Å². The van der Waals surface area contributed by atoms with Crippen LogP contribution in [0.4, 0.5) is 5.82 Å². The third-order valence-corrected chi connectivity index (χ3v) is 4.12. The van der Waals surface area contributed by atoms with Crippen molar-refractivity contribution < 1.29 is 14.3 Å². The maximum absolute atomic E-state index is 11.8. The Balaban J connectivity index is 2.03. The molecule has 2 aromatic heterocycles. The number of pyridine rings is 1. The van der Waals surface area contributed by atoms with Gasteiger partial charge < -0.3 is 14.8 Å². The predicted molar refractivity (Wildman–Crippen MR) is 112 cm³/mol. The van der Waals surface area contributed by atoms with Crippen molar-refractivity contribution in [3.63, 3.8) is 0 Å². The lowest BCUT2D eigenvalue weighted by Crippen LogP contribution is -2.27. The van der Waals surface area contributed by atoms with E-state index in [2.05, 4.69) is 26.1 Å². The van der Waals surface area contributed by atoms with Crippen molar-refractivity contribution in [2.75, 3.05) is 19.5 Å². The van der Waals surface area contributed by atoms with E-state index in [0.717, 1.165) is 22.8 Å². The minimum atomic E-state index is -0.383. The van der Waals surface area contributed by atoms with Gasteiger partial charge >= 0.3 is 5.97 Å². The average Bonchev–Trinajstić information content (AvgIpc) is 3.01. The molecule has 0 bridgehead atoms. The van der Waals surface area contributed by atoms with Gasteiger partial charge in [0.25, 0.3) is 0 Å². The van der Waals surface area contributed by atoms with Crippen LogP contribution in [0, 0.1) is 0 Å². The van der Waals surface area contributed by atoms with Gasteiger partial charge in [0.1, 0.15) is 22.9 Å². The number of imidazole rings is 1. The highest BCUT2D eigenvalue weighted by Crippen LogP contribution is 2.25. The van der Waals surface area contributed by atoms with Gasteiger partial charge in [0, 0.05) is 11.7 Å². The van der Waals surface area contributed by atoms with E-state index in [1.807, 2.05) is 47.0 Å². The maximum atomic E-state index is 11.8. The molecule has 0 saturated carbocycles. The zero-order chi connectivity index (χ0) is 20.3. The number of carbonyl (C=O) groups excluding carboxylic acids is 1. The van der Waals surface area contributed by atoms with Crippen LogP contribution in [-0.4, -0.2) is 35.1 Å². The summed E-state index contributed by atoms with van der Waals surface area (Å²) in [6.07, 6.45) is 5.78. The molecule has 0 unspecified atom stereocenters. The second-order valence-electron chi connectivity index (χ2n) is 7.46. The molecule has 0 fully saturated rings. The fourth-order valence-electron chi connectivity index (χ4n) is 2.79. The lowest BCUT2D eigenvalue weighted by Gasteiger charge is -2.22. The van der Waals surface area contributed by atoms with E-state index in [9.17, 15) is 4.79 Å². The van der Waals surface area contributed by atoms with Crippen molar-refractivity contribution in [1.29, 1.82) is 0 Å². The topological polar surface area (TPSA) is 64.9 Å². The first-order valence-electron chi connectivity index (χ1n) is 9.01. The van der Waals surface area contributed by atoms with Gasteiger partial charge in [0.2, 0.25) is 0 Å². The number of nitrogens with zero attached hydrogens (tertiary/aromatic N) is 2. The molecular formula is C22H25N3O3. The Bertz CT molecular complexity index is 1010. The van der Waals surface area contributed by atoms with Crippen LogP contribution >= 0.6 is 0 Å². The zero-order valence-electron chi connectivity index (χ0n) is 16.8. The van der Waals surface area contributed by atoms with Crippen molar-refractivity contribution >= 4 is 29.6 Å². The molecule has 1 N–H and O–H groups in total. The molecule has 0 aliphatic carbocycles. The Morgan fingerprint density at radius 2 is 1.82 bits per heavy atom. The molecule has 0 saturated heterocycles. The van der Waals surface area contributed by atoms with Crippen molar-refractivity contribution in [2.45, 2.75) is 26.3 Å². The minimum Gasteiger partial charge on any atom is -0.497 e. The van der Waals surface area contributed by atoms with E-state index in [4.69, 9.17) is 14.5 Å². The smallest absolute Gasteiger partial charge is 0.338 e. The van der Waals surface area contributed by atoms with Crippen LogP contribution < -0.4 is 10.1 Å². The number of anilines is 1. The first-order valence-corrected chi connectivity index (χ1v) is 9.01. The first-order chi connectivity index (χ1) is 13.3. The third kappa shape index (κ3) is 4.34. The summed E-state index contributed by atoms with van der Waals surface area (Å²) in [7, 11) is 3.02. The molecule has 6 heteroatoms. The Morgan fingerprint density at radius 3 is 2.43 bits per heavy atom. The third-order valence-electron chi connectivity index (χ3n) is 4.12. The lowest BCUT2D eigenvalue weighted by molar-refractivity contribution is 0.0600. The zero-order valence-corrected chi connectivity index (χ0v) is 16.8. The Hall–Kier alpha value is -3.28. The van der Waals surface area contributed by atoms with Crippen molar-refractivity contribution in [3.8, 4) is 5.75 Å². The number of esters is 1. The van der Waals surface area contributed by atoms with Gasteiger partial charge in [-0.2, -0.15) is 0 Å². The summed E-state index contributed by atoms with van der Waals surface area (Å²) in [5.74, 6) is 1.30. The van der Waals surface area contributed by atoms with Crippen molar-refractivity contribution in [3.05, 3.63) is 59.4 Å². The fourth-order valence-corrected chi connectivity index (χ4v) is 2.79. The van der Waals surface area contributed by atoms with E-state index in [-0.39, 0.29) is 11.5 Å². The summed E-state index contributed by atoms with van der Waals surface area (Å²) in [5, 5.41) is 3.50. The molecule has 0 aliphatic rings. The summed E-state index contributed by atoms with van der Waals surface area (Å²) in [6, 6.07) is 11.3. The number of hydrogen-bond acceptors (Lipinski definition) is 5. The first kappa shape index (κ1) is 19.5. The van der Waals surface area contributed by atoms with E-state index < -0.39 is 0 Å². The normalized spacial score (nSPS) is 11.8. The predicted octanol–water partition coefficient (Wildman–Crippen LogP) is 4.51. The largest absolute Gasteiger partial charge is 0.497 e. The number of fused-ring (bicyclic) bond motifs is 1. The number of aromatic nitrogens is 2.